The highest BCUT2D eigenvalue weighted by molar-refractivity contribution is 5.82. The van der Waals surface area contributed by atoms with Crippen molar-refractivity contribution in [3.63, 3.8) is 0 Å². The van der Waals surface area contributed by atoms with E-state index in [1.54, 1.807) is 6.20 Å². The van der Waals surface area contributed by atoms with Crippen LogP contribution < -0.4 is 9.47 Å². The van der Waals surface area contributed by atoms with E-state index < -0.39 is 23.2 Å². The van der Waals surface area contributed by atoms with Gasteiger partial charge in [0.15, 0.2) is 17.4 Å². The van der Waals surface area contributed by atoms with Crippen LogP contribution in [0, 0.1) is 17.5 Å². The molecule has 0 fully saturated rings. The van der Waals surface area contributed by atoms with Gasteiger partial charge >= 0.3 is 0 Å². The molecule has 0 radical (unpaired) electrons. The molecule has 0 bridgehead atoms. The molecule has 0 saturated carbocycles. The van der Waals surface area contributed by atoms with Crippen molar-refractivity contribution in [3.8, 4) is 28.6 Å². The summed E-state index contributed by atoms with van der Waals surface area (Å²) in [6.07, 6.45) is 4.89. The van der Waals surface area contributed by atoms with Gasteiger partial charge in [-0.1, -0.05) is 18.2 Å². The number of para-hydroxylation sites is 1. The van der Waals surface area contributed by atoms with Gasteiger partial charge in [-0.2, -0.15) is 0 Å². The Hall–Kier alpha value is -4.53. The van der Waals surface area contributed by atoms with E-state index in [0.29, 0.717) is 24.3 Å². The number of nitrogens with one attached hydrogen (secondary N) is 2. The van der Waals surface area contributed by atoms with Crippen LogP contribution in [-0.2, 0) is 11.2 Å². The number of aromatic nitrogens is 3. The highest BCUT2D eigenvalue weighted by Crippen LogP contribution is 2.40. The van der Waals surface area contributed by atoms with Crippen LogP contribution in [0.2, 0.25) is 0 Å². The zero-order chi connectivity index (χ0) is 25.5. The third kappa shape index (κ3) is 4.02. The monoisotopic (exact) mass is 503 g/mol. The van der Waals surface area contributed by atoms with Crippen molar-refractivity contribution in [3.05, 3.63) is 95.2 Å². The van der Waals surface area contributed by atoms with Crippen molar-refractivity contribution in [1.82, 2.24) is 15.0 Å². The standard InChI is InChI=1S/C28H20F3N3O3/c29-21-5-4-16(37-27-22(30)13-23-19(25(27)31)6-9-32-23)12-20(21)28-33-14-24(34-28)17-8-11-36-26-15(7-10-35)2-1-3-18(17)26/h1-6,9-10,12-14,17,32H,7-8,11H2,(H,33,34). The SMILES string of the molecule is O=CCc1cccc2c1OCCC2c1cnc(-c2cc(Oc3c(F)cc4[nH]ccc4c3F)ccc2F)[nH]1. The van der Waals surface area contributed by atoms with Crippen LogP contribution in [0.3, 0.4) is 0 Å². The van der Waals surface area contributed by atoms with E-state index in [1.807, 2.05) is 18.2 Å². The van der Waals surface area contributed by atoms with Crippen LogP contribution in [0.4, 0.5) is 13.2 Å². The minimum atomic E-state index is -0.884. The Morgan fingerprint density at radius 1 is 1.11 bits per heavy atom. The van der Waals surface area contributed by atoms with Crippen molar-refractivity contribution in [2.45, 2.75) is 18.8 Å². The van der Waals surface area contributed by atoms with Gasteiger partial charge in [-0.25, -0.2) is 18.2 Å². The summed E-state index contributed by atoms with van der Waals surface area (Å²) in [4.78, 5) is 21.4. The smallest absolute Gasteiger partial charge is 0.199 e. The van der Waals surface area contributed by atoms with E-state index in [-0.39, 0.29) is 34.9 Å². The Kier molecular flexibility index (Phi) is 5.67. The third-order valence-corrected chi connectivity index (χ3v) is 6.55. The first-order valence-electron chi connectivity index (χ1n) is 11.7. The summed E-state index contributed by atoms with van der Waals surface area (Å²) in [6.45, 7) is 0.461. The van der Waals surface area contributed by atoms with Gasteiger partial charge in [-0.05, 0) is 30.7 Å². The van der Waals surface area contributed by atoms with E-state index in [1.165, 1.54) is 24.4 Å². The van der Waals surface area contributed by atoms with Crippen LogP contribution in [0.5, 0.6) is 17.2 Å². The van der Waals surface area contributed by atoms with Crippen LogP contribution in [0.25, 0.3) is 22.3 Å². The largest absolute Gasteiger partial charge is 0.493 e. The molecule has 2 N–H and O–H groups in total. The number of H-pyrrole nitrogens is 2. The summed E-state index contributed by atoms with van der Waals surface area (Å²) in [6, 6.07) is 12.1. The number of imidazole rings is 1. The molecule has 1 aliphatic rings. The molecule has 1 aliphatic heterocycles. The number of carbonyl (C=O) groups is 1. The number of halogens is 3. The molecule has 5 aromatic rings. The maximum Gasteiger partial charge on any atom is 0.199 e. The molecule has 6 rings (SSSR count). The highest BCUT2D eigenvalue weighted by atomic mass is 19.1. The number of aldehydes is 1. The summed E-state index contributed by atoms with van der Waals surface area (Å²) in [5, 5.41) is 0.183. The number of benzene rings is 3. The molecule has 0 amide bonds. The van der Waals surface area contributed by atoms with Gasteiger partial charge in [0.2, 0.25) is 0 Å². The van der Waals surface area contributed by atoms with Crippen LogP contribution in [0.1, 0.15) is 29.2 Å². The summed E-state index contributed by atoms with van der Waals surface area (Å²) in [5.74, 6) is -1.98. The Balaban J connectivity index is 1.33. The first-order valence-corrected chi connectivity index (χ1v) is 11.7. The van der Waals surface area contributed by atoms with Crippen LogP contribution in [-0.4, -0.2) is 27.8 Å². The first-order chi connectivity index (χ1) is 18.0. The predicted molar refractivity (Wildman–Crippen MR) is 130 cm³/mol. The third-order valence-electron chi connectivity index (χ3n) is 6.55. The lowest BCUT2D eigenvalue weighted by atomic mass is 9.88. The van der Waals surface area contributed by atoms with Gasteiger partial charge in [-0.15, -0.1) is 0 Å². The molecule has 1 atom stereocenters. The van der Waals surface area contributed by atoms with E-state index >= 15 is 0 Å². The minimum absolute atomic E-state index is 0.0527. The second kappa shape index (κ2) is 9.16. The molecule has 0 spiro atoms. The number of ether oxygens (including phenoxy) is 2. The fraction of sp³-hybridized carbons (Fsp3) is 0.143. The van der Waals surface area contributed by atoms with Gasteiger partial charge in [-0.3, -0.25) is 0 Å². The Labute approximate surface area is 209 Å². The number of rotatable bonds is 6. The lowest BCUT2D eigenvalue weighted by Crippen LogP contribution is -2.17. The Morgan fingerprint density at radius 3 is 2.86 bits per heavy atom. The Morgan fingerprint density at radius 2 is 2.00 bits per heavy atom. The summed E-state index contributed by atoms with van der Waals surface area (Å²) < 4.78 is 55.6. The molecule has 1 unspecified atom stereocenters. The van der Waals surface area contributed by atoms with E-state index in [2.05, 4.69) is 15.0 Å². The molecule has 9 heteroatoms. The molecular weight excluding hydrogens is 483 g/mol. The van der Waals surface area contributed by atoms with Gasteiger partial charge in [0.25, 0.3) is 0 Å². The maximum atomic E-state index is 14.9. The van der Waals surface area contributed by atoms with E-state index in [4.69, 9.17) is 9.47 Å². The Bertz CT molecular complexity index is 1640. The highest BCUT2D eigenvalue weighted by Gasteiger charge is 2.27. The first kappa shape index (κ1) is 22.9. The van der Waals surface area contributed by atoms with Crippen molar-refractivity contribution in [1.29, 1.82) is 0 Å². The van der Waals surface area contributed by atoms with E-state index in [9.17, 15) is 18.0 Å². The lowest BCUT2D eigenvalue weighted by Gasteiger charge is -2.26. The number of nitrogens with zero attached hydrogens (tertiary/aromatic N) is 1. The fourth-order valence-corrected chi connectivity index (χ4v) is 4.79. The van der Waals surface area contributed by atoms with Gasteiger partial charge in [0.1, 0.15) is 29.4 Å². The van der Waals surface area contributed by atoms with E-state index in [0.717, 1.165) is 35.2 Å². The normalized spacial score (nSPS) is 14.8. The average molecular weight is 503 g/mol. The number of aromatic amines is 2. The predicted octanol–water partition coefficient (Wildman–Crippen LogP) is 6.42. The van der Waals surface area contributed by atoms with Crippen LogP contribution in [0.15, 0.2) is 60.9 Å². The summed E-state index contributed by atoms with van der Waals surface area (Å²) >= 11 is 0. The number of carbonyl (C=O) groups excluding carboxylic acids is 1. The number of hydrogen-bond donors (Lipinski definition) is 2. The second-order valence-corrected chi connectivity index (χ2v) is 8.77. The fourth-order valence-electron chi connectivity index (χ4n) is 4.79. The van der Waals surface area contributed by atoms with Crippen molar-refractivity contribution < 1.29 is 27.4 Å². The summed E-state index contributed by atoms with van der Waals surface area (Å²) in [5.41, 5.74) is 2.88. The maximum absolute atomic E-state index is 14.9. The topological polar surface area (TPSA) is 80.0 Å². The molecule has 186 valence electrons. The minimum Gasteiger partial charge on any atom is -0.493 e. The second-order valence-electron chi connectivity index (χ2n) is 8.77. The van der Waals surface area contributed by atoms with Gasteiger partial charge < -0.3 is 24.2 Å². The lowest BCUT2D eigenvalue weighted by molar-refractivity contribution is -0.107. The number of hydrogen-bond acceptors (Lipinski definition) is 4. The molecule has 6 nitrogen and oxygen atoms in total. The van der Waals surface area contributed by atoms with Gasteiger partial charge in [0, 0.05) is 53.0 Å². The summed E-state index contributed by atoms with van der Waals surface area (Å²) in [7, 11) is 0. The zero-order valence-electron chi connectivity index (χ0n) is 19.4. The molecule has 3 aromatic carbocycles. The van der Waals surface area contributed by atoms with Gasteiger partial charge in [0.05, 0.1) is 17.7 Å². The molecule has 0 aliphatic carbocycles. The molecule has 0 saturated heterocycles. The molecule has 37 heavy (non-hydrogen) atoms. The zero-order valence-corrected chi connectivity index (χ0v) is 19.4. The molecule has 3 heterocycles. The van der Waals surface area contributed by atoms with Crippen molar-refractivity contribution >= 4 is 17.2 Å². The quantitative estimate of drug-likeness (QED) is 0.262. The average Bonchev–Trinajstić information content (AvgIpc) is 3.58. The van der Waals surface area contributed by atoms with Crippen molar-refractivity contribution in [2.75, 3.05) is 6.61 Å². The van der Waals surface area contributed by atoms with Crippen molar-refractivity contribution in [2.24, 2.45) is 0 Å². The molecular formula is C28H20F3N3O3. The van der Waals surface area contributed by atoms with Crippen LogP contribution >= 0.6 is 0 Å². The molecule has 2 aromatic heterocycles. The number of fused-ring (bicyclic) bond motifs is 2.